The first-order chi connectivity index (χ1) is 13.2. The number of aromatic nitrogens is 2. The van der Waals surface area contributed by atoms with Crippen molar-refractivity contribution in [1.29, 1.82) is 5.26 Å². The number of anilines is 2. The Bertz CT molecular complexity index is 1010. The van der Waals surface area contributed by atoms with Crippen molar-refractivity contribution in [2.45, 2.75) is 13.0 Å². The molecule has 0 radical (unpaired) electrons. The normalized spacial score (nSPS) is 12.8. The predicted molar refractivity (Wildman–Crippen MR) is 102 cm³/mol. The van der Waals surface area contributed by atoms with Gasteiger partial charge in [-0.1, -0.05) is 24.3 Å². The zero-order chi connectivity index (χ0) is 18.6. The van der Waals surface area contributed by atoms with Gasteiger partial charge in [0.15, 0.2) is 0 Å². The summed E-state index contributed by atoms with van der Waals surface area (Å²) in [6, 6.07) is 17.1. The first kappa shape index (κ1) is 16.7. The molecule has 1 aromatic heterocycles. The van der Waals surface area contributed by atoms with E-state index >= 15 is 0 Å². The number of hydrogen-bond donors (Lipinski definition) is 1. The van der Waals surface area contributed by atoms with Crippen LogP contribution in [0.4, 0.5) is 11.6 Å². The van der Waals surface area contributed by atoms with Crippen molar-refractivity contribution >= 4 is 17.5 Å². The number of rotatable bonds is 3. The fourth-order valence-electron chi connectivity index (χ4n) is 3.10. The third kappa shape index (κ3) is 3.62. The van der Waals surface area contributed by atoms with Crippen LogP contribution >= 0.6 is 0 Å². The minimum atomic E-state index is -0.282. The summed E-state index contributed by atoms with van der Waals surface area (Å²) in [4.78, 5) is 23.2. The van der Waals surface area contributed by atoms with Crippen molar-refractivity contribution in [3.63, 3.8) is 0 Å². The minimum Gasteiger partial charge on any atom is -0.336 e. The van der Waals surface area contributed by atoms with E-state index in [1.54, 1.807) is 36.7 Å². The number of nitrogens with zero attached hydrogens (tertiary/aromatic N) is 4. The molecule has 0 fully saturated rings. The molecule has 6 heteroatoms. The van der Waals surface area contributed by atoms with Gasteiger partial charge in [0, 0.05) is 31.2 Å². The van der Waals surface area contributed by atoms with Crippen molar-refractivity contribution in [1.82, 2.24) is 9.97 Å². The quantitative estimate of drug-likeness (QED) is 0.780. The average Bonchev–Trinajstić information content (AvgIpc) is 2.74. The number of fused-ring (bicyclic) bond motifs is 1. The highest BCUT2D eigenvalue weighted by Gasteiger charge is 2.18. The molecule has 3 aromatic rings. The largest absolute Gasteiger partial charge is 0.336 e. The van der Waals surface area contributed by atoms with Crippen LogP contribution in [0.1, 0.15) is 27.0 Å². The Morgan fingerprint density at radius 2 is 1.74 bits per heavy atom. The summed E-state index contributed by atoms with van der Waals surface area (Å²) in [5, 5.41) is 11.6. The topological polar surface area (TPSA) is 81.9 Å². The number of nitrogens with one attached hydrogen (secondary N) is 1. The Kier molecular flexibility index (Phi) is 4.50. The summed E-state index contributed by atoms with van der Waals surface area (Å²) in [6.07, 6.45) is 4.05. The molecule has 132 valence electrons. The van der Waals surface area contributed by atoms with Crippen LogP contribution in [0.15, 0.2) is 60.9 Å². The minimum absolute atomic E-state index is 0.282. The molecule has 0 unspecified atom stereocenters. The highest BCUT2D eigenvalue weighted by Crippen LogP contribution is 2.21. The highest BCUT2D eigenvalue weighted by molar-refractivity contribution is 6.03. The average molecular weight is 355 g/mol. The lowest BCUT2D eigenvalue weighted by molar-refractivity contribution is 0.102. The standard InChI is InChI=1S/C21H17N5O/c22-11-15-5-7-19(8-6-15)25-20(27)18-12-23-21(24-13-18)26-10-9-16-3-1-2-4-17(16)14-26/h1-8,12-13H,9-10,14H2,(H,25,27). The molecule has 2 heterocycles. The molecule has 4 rings (SSSR count). The molecular formula is C21H17N5O. The number of nitriles is 1. The van der Waals surface area contributed by atoms with Crippen LogP contribution in [0.25, 0.3) is 0 Å². The van der Waals surface area contributed by atoms with Gasteiger partial charge in [0.1, 0.15) is 0 Å². The van der Waals surface area contributed by atoms with Gasteiger partial charge in [-0.3, -0.25) is 4.79 Å². The van der Waals surface area contributed by atoms with E-state index in [0.29, 0.717) is 22.8 Å². The zero-order valence-corrected chi connectivity index (χ0v) is 14.6. The van der Waals surface area contributed by atoms with Crippen LogP contribution in [-0.2, 0) is 13.0 Å². The van der Waals surface area contributed by atoms with Crippen LogP contribution in [0, 0.1) is 11.3 Å². The van der Waals surface area contributed by atoms with Gasteiger partial charge in [-0.05, 0) is 41.8 Å². The van der Waals surface area contributed by atoms with Crippen LogP contribution in [-0.4, -0.2) is 22.4 Å². The van der Waals surface area contributed by atoms with Gasteiger partial charge >= 0.3 is 0 Å². The SMILES string of the molecule is N#Cc1ccc(NC(=O)c2cnc(N3CCc4ccccc4C3)nc2)cc1. The molecule has 0 atom stereocenters. The lowest BCUT2D eigenvalue weighted by atomic mass is 10.0. The molecule has 6 nitrogen and oxygen atoms in total. The third-order valence-electron chi connectivity index (χ3n) is 4.59. The van der Waals surface area contributed by atoms with Gasteiger partial charge in [0.05, 0.1) is 17.2 Å². The Hall–Kier alpha value is -3.72. The molecule has 2 aromatic carbocycles. The van der Waals surface area contributed by atoms with Crippen molar-refractivity contribution in [2.75, 3.05) is 16.8 Å². The van der Waals surface area contributed by atoms with Crippen molar-refractivity contribution in [3.05, 3.63) is 83.2 Å². The molecule has 1 aliphatic rings. The number of carbonyl (C=O) groups excluding carboxylic acids is 1. The smallest absolute Gasteiger partial charge is 0.258 e. The number of benzene rings is 2. The van der Waals surface area contributed by atoms with E-state index in [-0.39, 0.29) is 5.91 Å². The Morgan fingerprint density at radius 1 is 1.04 bits per heavy atom. The summed E-state index contributed by atoms with van der Waals surface area (Å²) in [6.45, 7) is 1.63. The molecule has 1 aliphatic heterocycles. The monoisotopic (exact) mass is 355 g/mol. The van der Waals surface area contributed by atoms with Gasteiger partial charge < -0.3 is 10.2 Å². The second-order valence-corrected chi connectivity index (χ2v) is 6.36. The van der Waals surface area contributed by atoms with Crippen molar-refractivity contribution < 1.29 is 4.79 Å². The first-order valence-electron chi connectivity index (χ1n) is 8.68. The first-order valence-corrected chi connectivity index (χ1v) is 8.68. The molecule has 27 heavy (non-hydrogen) atoms. The maximum atomic E-state index is 12.4. The summed E-state index contributed by atoms with van der Waals surface area (Å²) >= 11 is 0. The van der Waals surface area contributed by atoms with Gasteiger partial charge in [0.25, 0.3) is 5.91 Å². The lowest BCUT2D eigenvalue weighted by Gasteiger charge is -2.28. The summed E-state index contributed by atoms with van der Waals surface area (Å²) < 4.78 is 0. The zero-order valence-electron chi connectivity index (χ0n) is 14.6. The summed E-state index contributed by atoms with van der Waals surface area (Å²) in [7, 11) is 0. The molecule has 1 amide bonds. The molecule has 0 spiro atoms. The highest BCUT2D eigenvalue weighted by atomic mass is 16.1. The van der Waals surface area contributed by atoms with Crippen molar-refractivity contribution in [2.24, 2.45) is 0 Å². The van der Waals surface area contributed by atoms with E-state index in [4.69, 9.17) is 5.26 Å². The second-order valence-electron chi connectivity index (χ2n) is 6.36. The third-order valence-corrected chi connectivity index (χ3v) is 4.59. The van der Waals surface area contributed by atoms with Crippen LogP contribution < -0.4 is 10.2 Å². The number of hydrogen-bond acceptors (Lipinski definition) is 5. The van der Waals surface area contributed by atoms with Gasteiger partial charge in [-0.15, -0.1) is 0 Å². The lowest BCUT2D eigenvalue weighted by Crippen LogP contribution is -2.31. The summed E-state index contributed by atoms with van der Waals surface area (Å²) in [5.74, 6) is 0.342. The van der Waals surface area contributed by atoms with Crippen LogP contribution in [0.5, 0.6) is 0 Å². The van der Waals surface area contributed by atoms with Crippen LogP contribution in [0.3, 0.4) is 0 Å². The number of carbonyl (C=O) groups is 1. The van der Waals surface area contributed by atoms with Gasteiger partial charge in [-0.25, -0.2) is 9.97 Å². The molecule has 0 aliphatic carbocycles. The van der Waals surface area contributed by atoms with E-state index in [9.17, 15) is 4.79 Å². The fraction of sp³-hybridized carbons (Fsp3) is 0.143. The molecule has 0 saturated carbocycles. The number of amides is 1. The van der Waals surface area contributed by atoms with E-state index in [1.165, 1.54) is 11.1 Å². The van der Waals surface area contributed by atoms with E-state index in [2.05, 4.69) is 38.4 Å². The van der Waals surface area contributed by atoms with E-state index in [0.717, 1.165) is 19.5 Å². The molecular weight excluding hydrogens is 338 g/mol. The fourth-order valence-corrected chi connectivity index (χ4v) is 3.10. The van der Waals surface area contributed by atoms with E-state index in [1.807, 2.05) is 12.1 Å². The van der Waals surface area contributed by atoms with Gasteiger partial charge in [-0.2, -0.15) is 5.26 Å². The molecule has 1 N–H and O–H groups in total. The second kappa shape index (κ2) is 7.26. The maximum Gasteiger partial charge on any atom is 0.258 e. The Balaban J connectivity index is 1.44. The molecule has 0 bridgehead atoms. The van der Waals surface area contributed by atoms with Crippen LogP contribution in [0.2, 0.25) is 0 Å². The molecule has 0 saturated heterocycles. The summed E-state index contributed by atoms with van der Waals surface area (Å²) in [5.41, 5.74) is 4.21. The Labute approximate surface area is 157 Å². The van der Waals surface area contributed by atoms with Crippen molar-refractivity contribution in [3.8, 4) is 6.07 Å². The van der Waals surface area contributed by atoms with E-state index < -0.39 is 0 Å². The Morgan fingerprint density at radius 3 is 2.44 bits per heavy atom. The maximum absolute atomic E-state index is 12.4. The predicted octanol–water partition coefficient (Wildman–Crippen LogP) is 3.16. The van der Waals surface area contributed by atoms with Gasteiger partial charge in [0.2, 0.25) is 5.95 Å².